The number of nitrogens with zero attached hydrogens (tertiary/aromatic N) is 1. The number of amides is 1. The summed E-state index contributed by atoms with van der Waals surface area (Å²) in [6.07, 6.45) is 2.17. The molecule has 0 aliphatic carbocycles. The molecule has 0 bridgehead atoms. The Labute approximate surface area is 102 Å². The summed E-state index contributed by atoms with van der Waals surface area (Å²) in [5.74, 6) is -0.0105. The van der Waals surface area contributed by atoms with Gasteiger partial charge < -0.3 is 10.6 Å². The van der Waals surface area contributed by atoms with E-state index in [1.54, 1.807) is 0 Å². The first-order valence-electron chi connectivity index (χ1n) is 6.12. The second kappa shape index (κ2) is 5.27. The lowest BCUT2D eigenvalue weighted by Gasteiger charge is -2.24. The summed E-state index contributed by atoms with van der Waals surface area (Å²) in [6, 6.07) is 3.97. The molecule has 1 amide bonds. The van der Waals surface area contributed by atoms with Crippen molar-refractivity contribution in [1.82, 2.24) is 15.6 Å². The van der Waals surface area contributed by atoms with Gasteiger partial charge in [-0.05, 0) is 45.4 Å². The van der Waals surface area contributed by atoms with E-state index in [0.29, 0.717) is 5.56 Å². The molecule has 1 saturated heterocycles. The van der Waals surface area contributed by atoms with Crippen LogP contribution in [0.15, 0.2) is 12.1 Å². The maximum Gasteiger partial charge on any atom is 0.253 e. The van der Waals surface area contributed by atoms with E-state index >= 15 is 0 Å². The van der Waals surface area contributed by atoms with Crippen molar-refractivity contribution in [3.63, 3.8) is 0 Å². The van der Waals surface area contributed by atoms with Crippen molar-refractivity contribution in [3.05, 3.63) is 29.1 Å². The van der Waals surface area contributed by atoms with Gasteiger partial charge in [-0.2, -0.15) is 0 Å². The Morgan fingerprint density at radius 3 is 2.94 bits per heavy atom. The van der Waals surface area contributed by atoms with E-state index in [9.17, 15) is 4.79 Å². The predicted octanol–water partition coefficient (Wildman–Crippen LogP) is 1.18. The number of piperidine rings is 1. The maximum atomic E-state index is 12.1. The van der Waals surface area contributed by atoms with E-state index in [2.05, 4.69) is 15.6 Å². The molecular formula is C13H19N3O. The summed E-state index contributed by atoms with van der Waals surface area (Å²) in [5, 5.41) is 6.34. The van der Waals surface area contributed by atoms with Crippen LogP contribution in [0.2, 0.25) is 0 Å². The predicted molar refractivity (Wildman–Crippen MR) is 67.1 cm³/mol. The molecule has 1 atom stereocenters. The normalized spacial score (nSPS) is 20.0. The van der Waals surface area contributed by atoms with Crippen LogP contribution in [0.3, 0.4) is 0 Å². The molecule has 1 aliphatic heterocycles. The number of hydrogen-bond acceptors (Lipinski definition) is 3. The van der Waals surface area contributed by atoms with Crippen LogP contribution in [0.1, 0.15) is 34.6 Å². The molecular weight excluding hydrogens is 214 g/mol. The highest BCUT2D eigenvalue weighted by molar-refractivity contribution is 5.95. The third-order valence-corrected chi connectivity index (χ3v) is 3.10. The third-order valence-electron chi connectivity index (χ3n) is 3.10. The van der Waals surface area contributed by atoms with E-state index in [1.165, 1.54) is 0 Å². The lowest BCUT2D eigenvalue weighted by Crippen LogP contribution is -2.45. The molecule has 1 fully saturated rings. The van der Waals surface area contributed by atoms with Gasteiger partial charge in [0, 0.05) is 18.3 Å². The molecule has 2 rings (SSSR count). The van der Waals surface area contributed by atoms with Gasteiger partial charge >= 0.3 is 0 Å². The van der Waals surface area contributed by atoms with Crippen molar-refractivity contribution < 1.29 is 4.79 Å². The van der Waals surface area contributed by atoms with E-state index in [-0.39, 0.29) is 11.9 Å². The van der Waals surface area contributed by atoms with Gasteiger partial charge in [-0.3, -0.25) is 9.78 Å². The molecule has 0 unspecified atom stereocenters. The van der Waals surface area contributed by atoms with Gasteiger partial charge in [-0.15, -0.1) is 0 Å². The van der Waals surface area contributed by atoms with Crippen LogP contribution in [0.25, 0.3) is 0 Å². The number of pyridine rings is 1. The largest absolute Gasteiger partial charge is 0.348 e. The van der Waals surface area contributed by atoms with Crippen LogP contribution < -0.4 is 10.6 Å². The van der Waals surface area contributed by atoms with Crippen molar-refractivity contribution in [2.24, 2.45) is 0 Å². The van der Waals surface area contributed by atoms with Gasteiger partial charge in [-0.25, -0.2) is 0 Å². The van der Waals surface area contributed by atoms with Crippen LogP contribution in [-0.2, 0) is 0 Å². The summed E-state index contributed by atoms with van der Waals surface area (Å²) in [7, 11) is 0. The van der Waals surface area contributed by atoms with Gasteiger partial charge in [-0.1, -0.05) is 0 Å². The summed E-state index contributed by atoms with van der Waals surface area (Å²) in [5.41, 5.74) is 2.42. The fourth-order valence-corrected chi connectivity index (χ4v) is 2.16. The smallest absolute Gasteiger partial charge is 0.253 e. The molecule has 2 N–H and O–H groups in total. The lowest BCUT2D eigenvalue weighted by molar-refractivity contribution is 0.0929. The van der Waals surface area contributed by atoms with E-state index in [0.717, 1.165) is 37.3 Å². The minimum absolute atomic E-state index is 0.0105. The number of aromatic nitrogens is 1. The number of carbonyl (C=O) groups excluding carboxylic acids is 1. The van der Waals surface area contributed by atoms with Crippen molar-refractivity contribution in [1.29, 1.82) is 0 Å². The molecule has 2 heterocycles. The lowest BCUT2D eigenvalue weighted by atomic mass is 10.1. The van der Waals surface area contributed by atoms with Crippen molar-refractivity contribution >= 4 is 5.91 Å². The molecule has 0 radical (unpaired) electrons. The fourth-order valence-electron chi connectivity index (χ4n) is 2.16. The van der Waals surface area contributed by atoms with E-state index in [4.69, 9.17) is 0 Å². The zero-order valence-electron chi connectivity index (χ0n) is 10.4. The fraction of sp³-hybridized carbons (Fsp3) is 0.538. The van der Waals surface area contributed by atoms with Crippen molar-refractivity contribution in [3.8, 4) is 0 Å². The second-order valence-corrected chi connectivity index (χ2v) is 4.60. The zero-order valence-corrected chi connectivity index (χ0v) is 10.4. The Morgan fingerprint density at radius 1 is 1.47 bits per heavy atom. The minimum atomic E-state index is -0.0105. The van der Waals surface area contributed by atoms with Crippen LogP contribution >= 0.6 is 0 Å². The average molecular weight is 233 g/mol. The van der Waals surface area contributed by atoms with Gasteiger partial charge in [0.2, 0.25) is 0 Å². The highest BCUT2D eigenvalue weighted by Gasteiger charge is 2.17. The molecule has 92 valence electrons. The summed E-state index contributed by atoms with van der Waals surface area (Å²) >= 11 is 0. The first kappa shape index (κ1) is 12.0. The Hall–Kier alpha value is -1.42. The molecule has 17 heavy (non-hydrogen) atoms. The molecule has 0 spiro atoms. The molecule has 4 nitrogen and oxygen atoms in total. The first-order valence-corrected chi connectivity index (χ1v) is 6.12. The monoisotopic (exact) mass is 233 g/mol. The van der Waals surface area contributed by atoms with E-state index in [1.807, 2.05) is 26.0 Å². The Kier molecular flexibility index (Phi) is 3.74. The quantitative estimate of drug-likeness (QED) is 0.806. The van der Waals surface area contributed by atoms with Crippen molar-refractivity contribution in [2.75, 3.05) is 13.1 Å². The molecule has 4 heteroatoms. The Morgan fingerprint density at radius 2 is 2.29 bits per heavy atom. The number of aryl methyl sites for hydroxylation is 2. The standard InChI is InChI=1S/C13H19N3O/c1-9-5-6-12(10(2)15-9)13(17)16-11-4-3-7-14-8-11/h5-6,11,14H,3-4,7-8H2,1-2H3,(H,16,17)/t11-/m0/s1. The second-order valence-electron chi connectivity index (χ2n) is 4.60. The summed E-state index contributed by atoms with van der Waals surface area (Å²) in [4.78, 5) is 16.4. The van der Waals surface area contributed by atoms with Crippen LogP contribution in [-0.4, -0.2) is 30.0 Å². The van der Waals surface area contributed by atoms with Crippen LogP contribution in [0, 0.1) is 13.8 Å². The van der Waals surface area contributed by atoms with Gasteiger partial charge in [0.25, 0.3) is 5.91 Å². The number of carbonyl (C=O) groups is 1. The third kappa shape index (κ3) is 3.03. The first-order chi connectivity index (χ1) is 8.16. The van der Waals surface area contributed by atoms with E-state index < -0.39 is 0 Å². The molecule has 1 aromatic heterocycles. The number of rotatable bonds is 2. The number of hydrogen-bond donors (Lipinski definition) is 2. The summed E-state index contributed by atoms with van der Waals surface area (Å²) < 4.78 is 0. The molecule has 0 saturated carbocycles. The minimum Gasteiger partial charge on any atom is -0.348 e. The average Bonchev–Trinajstić information content (AvgIpc) is 2.30. The topological polar surface area (TPSA) is 54.0 Å². The van der Waals surface area contributed by atoms with Gasteiger partial charge in [0.15, 0.2) is 0 Å². The summed E-state index contributed by atoms with van der Waals surface area (Å²) in [6.45, 7) is 5.72. The van der Waals surface area contributed by atoms with Crippen LogP contribution in [0.4, 0.5) is 0 Å². The molecule has 0 aromatic carbocycles. The highest BCUT2D eigenvalue weighted by Crippen LogP contribution is 2.08. The van der Waals surface area contributed by atoms with Crippen LogP contribution in [0.5, 0.6) is 0 Å². The zero-order chi connectivity index (χ0) is 12.3. The van der Waals surface area contributed by atoms with Crippen molar-refractivity contribution in [2.45, 2.75) is 32.7 Å². The Bertz CT molecular complexity index is 411. The van der Waals surface area contributed by atoms with Gasteiger partial charge in [0.1, 0.15) is 0 Å². The van der Waals surface area contributed by atoms with Gasteiger partial charge in [0.05, 0.1) is 11.3 Å². The highest BCUT2D eigenvalue weighted by atomic mass is 16.1. The molecule has 1 aromatic rings. The SMILES string of the molecule is Cc1ccc(C(=O)N[C@H]2CCCNC2)c(C)n1. The molecule has 1 aliphatic rings. The maximum absolute atomic E-state index is 12.1. The Balaban J connectivity index is 2.03. The number of nitrogens with one attached hydrogen (secondary N) is 2.